The van der Waals surface area contributed by atoms with Gasteiger partial charge in [0.1, 0.15) is 5.75 Å². The van der Waals surface area contributed by atoms with Crippen LogP contribution < -0.4 is 14.6 Å². The number of methoxy groups -OCH3 is 1. The second-order valence-electron chi connectivity index (χ2n) is 5.61. The summed E-state index contributed by atoms with van der Waals surface area (Å²) in [5.74, 6) is -1.19. The Morgan fingerprint density at radius 1 is 1.12 bits per heavy atom. The second-order valence-corrected chi connectivity index (χ2v) is 7.67. The highest BCUT2D eigenvalue weighted by Crippen LogP contribution is 2.33. The third kappa shape index (κ3) is 3.88. The lowest BCUT2D eigenvalue weighted by molar-refractivity contribution is -0.255. The maximum absolute atomic E-state index is 12.8. The zero-order valence-electron chi connectivity index (χ0n) is 14.1. The van der Waals surface area contributed by atoms with Crippen LogP contribution in [0.15, 0.2) is 29.2 Å². The number of hydrogen-bond donors (Lipinski definition) is 1. The molecule has 8 heteroatoms. The van der Waals surface area contributed by atoms with E-state index in [4.69, 9.17) is 16.3 Å². The van der Waals surface area contributed by atoms with E-state index in [1.807, 2.05) is 0 Å². The van der Waals surface area contributed by atoms with Crippen molar-refractivity contribution in [2.24, 2.45) is 0 Å². The number of aromatic carboxylic acids is 1. The maximum Gasteiger partial charge on any atom is 0.262 e. The van der Waals surface area contributed by atoms with Crippen LogP contribution in [0, 0.1) is 20.8 Å². The number of ether oxygens (including phenoxy) is 1. The number of carboxylic acids is 1. The largest absolute Gasteiger partial charge is 0.545 e. The van der Waals surface area contributed by atoms with Crippen LogP contribution in [0.4, 0.5) is 5.69 Å². The van der Waals surface area contributed by atoms with Crippen LogP contribution in [-0.2, 0) is 10.0 Å². The van der Waals surface area contributed by atoms with E-state index >= 15 is 0 Å². The minimum atomic E-state index is -4.05. The smallest absolute Gasteiger partial charge is 0.262 e. The number of benzene rings is 2. The lowest BCUT2D eigenvalue weighted by atomic mass is 10.1. The predicted octanol–water partition coefficient (Wildman–Crippen LogP) is 2.44. The van der Waals surface area contributed by atoms with E-state index in [1.54, 1.807) is 26.8 Å². The molecule has 134 valence electrons. The van der Waals surface area contributed by atoms with Gasteiger partial charge in [-0.1, -0.05) is 11.6 Å². The molecule has 0 unspecified atom stereocenters. The Morgan fingerprint density at radius 3 is 2.32 bits per heavy atom. The Kier molecular flexibility index (Phi) is 5.29. The number of anilines is 1. The van der Waals surface area contributed by atoms with Gasteiger partial charge in [-0.2, -0.15) is 0 Å². The van der Waals surface area contributed by atoms with Crippen LogP contribution in [0.25, 0.3) is 0 Å². The van der Waals surface area contributed by atoms with Gasteiger partial charge in [-0.25, -0.2) is 8.42 Å². The van der Waals surface area contributed by atoms with E-state index in [1.165, 1.54) is 19.2 Å². The molecule has 2 aromatic rings. The average Bonchev–Trinajstić information content (AvgIpc) is 2.52. The summed E-state index contributed by atoms with van der Waals surface area (Å²) in [6, 6.07) is 5.50. The summed E-state index contributed by atoms with van der Waals surface area (Å²) >= 11 is 6.03. The molecule has 2 aromatic carbocycles. The van der Waals surface area contributed by atoms with Crippen LogP contribution in [0.1, 0.15) is 27.0 Å². The molecule has 0 saturated carbocycles. The molecule has 2 rings (SSSR count). The molecule has 0 atom stereocenters. The molecule has 0 saturated heterocycles. The van der Waals surface area contributed by atoms with Gasteiger partial charge >= 0.3 is 0 Å². The molecule has 0 heterocycles. The highest BCUT2D eigenvalue weighted by Gasteiger charge is 2.21. The Balaban J connectivity index is 2.58. The number of halogens is 1. The van der Waals surface area contributed by atoms with Crippen molar-refractivity contribution in [3.63, 3.8) is 0 Å². The first-order chi connectivity index (χ1) is 11.6. The molecule has 0 aliphatic heterocycles. The van der Waals surface area contributed by atoms with Gasteiger partial charge in [0.25, 0.3) is 10.0 Å². The van der Waals surface area contributed by atoms with Crippen LogP contribution in [0.3, 0.4) is 0 Å². The average molecular weight is 383 g/mol. The Labute approximate surface area is 151 Å². The standard InChI is InChI=1S/C17H18ClNO5S/c1-9-5-12(17(20)21)7-16(11(9)3)25(22,23)19-14-6-10(2)13(18)8-15(14)24-4/h5-8,19H,1-4H3,(H,20,21)/p-1. The molecule has 1 N–H and O–H groups in total. The van der Waals surface area contributed by atoms with Gasteiger partial charge in [-0.05, 0) is 61.2 Å². The molecule has 0 bridgehead atoms. The number of sulfonamides is 1. The third-order valence-electron chi connectivity index (χ3n) is 3.87. The fraction of sp³-hybridized carbons (Fsp3) is 0.235. The number of aryl methyl sites for hydroxylation is 2. The molecule has 0 amide bonds. The lowest BCUT2D eigenvalue weighted by Crippen LogP contribution is -2.24. The van der Waals surface area contributed by atoms with E-state index in [0.29, 0.717) is 21.7 Å². The zero-order valence-corrected chi connectivity index (χ0v) is 15.7. The van der Waals surface area contributed by atoms with Crippen molar-refractivity contribution in [2.45, 2.75) is 25.7 Å². The van der Waals surface area contributed by atoms with Crippen molar-refractivity contribution >= 4 is 33.3 Å². The zero-order chi connectivity index (χ0) is 18.9. The van der Waals surface area contributed by atoms with Gasteiger partial charge < -0.3 is 14.6 Å². The Bertz CT molecular complexity index is 954. The molecular weight excluding hydrogens is 366 g/mol. The first-order valence-electron chi connectivity index (χ1n) is 7.26. The first kappa shape index (κ1) is 19.1. The quantitative estimate of drug-likeness (QED) is 0.856. The monoisotopic (exact) mass is 382 g/mol. The van der Waals surface area contributed by atoms with E-state index in [9.17, 15) is 18.3 Å². The lowest BCUT2D eigenvalue weighted by Gasteiger charge is -2.17. The van der Waals surface area contributed by atoms with E-state index < -0.39 is 16.0 Å². The van der Waals surface area contributed by atoms with E-state index in [-0.39, 0.29) is 21.9 Å². The van der Waals surface area contributed by atoms with Crippen molar-refractivity contribution in [1.29, 1.82) is 0 Å². The molecule has 0 fully saturated rings. The van der Waals surface area contributed by atoms with Crippen molar-refractivity contribution in [3.8, 4) is 5.75 Å². The maximum atomic E-state index is 12.8. The summed E-state index contributed by atoms with van der Waals surface area (Å²) in [7, 11) is -2.66. The SMILES string of the molecule is COc1cc(Cl)c(C)cc1NS(=O)(=O)c1cc(C(=O)[O-])cc(C)c1C. The Hall–Kier alpha value is -2.25. The molecule has 0 radical (unpaired) electrons. The molecule has 25 heavy (non-hydrogen) atoms. The summed E-state index contributed by atoms with van der Waals surface area (Å²) in [5.41, 5.74) is 1.64. The number of rotatable bonds is 5. The summed E-state index contributed by atoms with van der Waals surface area (Å²) in [6.45, 7) is 4.97. The molecule has 0 aliphatic carbocycles. The number of carbonyl (C=O) groups is 1. The normalized spacial score (nSPS) is 11.2. The molecule has 0 aliphatic rings. The number of nitrogens with one attached hydrogen (secondary N) is 1. The van der Waals surface area contributed by atoms with Crippen LogP contribution in [-0.4, -0.2) is 21.5 Å². The summed E-state index contributed by atoms with van der Waals surface area (Å²) in [5, 5.41) is 11.6. The second kappa shape index (κ2) is 6.93. The van der Waals surface area contributed by atoms with Crippen molar-refractivity contribution < 1.29 is 23.1 Å². The van der Waals surface area contributed by atoms with Gasteiger partial charge in [0.2, 0.25) is 0 Å². The summed E-state index contributed by atoms with van der Waals surface area (Å²) in [6.07, 6.45) is 0. The van der Waals surface area contributed by atoms with Gasteiger partial charge in [-0.3, -0.25) is 4.72 Å². The molecular formula is C17H17ClNO5S-. The fourth-order valence-corrected chi connectivity index (χ4v) is 3.89. The van der Waals surface area contributed by atoms with E-state index in [0.717, 1.165) is 6.07 Å². The highest BCUT2D eigenvalue weighted by atomic mass is 35.5. The van der Waals surface area contributed by atoms with Gasteiger partial charge in [0.05, 0.1) is 23.7 Å². The third-order valence-corrected chi connectivity index (χ3v) is 5.77. The number of carboxylic acid groups (broad SMARTS) is 1. The molecule has 0 spiro atoms. The summed E-state index contributed by atoms with van der Waals surface area (Å²) in [4.78, 5) is 11.0. The minimum Gasteiger partial charge on any atom is -0.545 e. The van der Waals surface area contributed by atoms with Crippen LogP contribution in [0.5, 0.6) is 5.75 Å². The number of carbonyl (C=O) groups excluding carboxylic acids is 1. The fourth-order valence-electron chi connectivity index (χ4n) is 2.34. The first-order valence-corrected chi connectivity index (χ1v) is 9.12. The predicted molar refractivity (Wildman–Crippen MR) is 93.8 cm³/mol. The minimum absolute atomic E-state index is 0.138. The van der Waals surface area contributed by atoms with Crippen LogP contribution >= 0.6 is 11.6 Å². The summed E-state index contributed by atoms with van der Waals surface area (Å²) < 4.78 is 33.2. The van der Waals surface area contributed by atoms with Gasteiger partial charge in [-0.15, -0.1) is 0 Å². The Morgan fingerprint density at radius 2 is 1.76 bits per heavy atom. The van der Waals surface area contributed by atoms with Crippen molar-refractivity contribution in [1.82, 2.24) is 0 Å². The number of hydrogen-bond acceptors (Lipinski definition) is 5. The van der Waals surface area contributed by atoms with Crippen molar-refractivity contribution in [2.75, 3.05) is 11.8 Å². The molecule has 6 nitrogen and oxygen atoms in total. The van der Waals surface area contributed by atoms with Gasteiger partial charge in [0, 0.05) is 11.1 Å². The highest BCUT2D eigenvalue weighted by molar-refractivity contribution is 7.92. The van der Waals surface area contributed by atoms with Gasteiger partial charge in [0.15, 0.2) is 0 Å². The van der Waals surface area contributed by atoms with Crippen LogP contribution in [0.2, 0.25) is 5.02 Å². The topological polar surface area (TPSA) is 95.5 Å². The van der Waals surface area contributed by atoms with Crippen molar-refractivity contribution in [3.05, 3.63) is 51.5 Å². The molecule has 0 aromatic heterocycles. The van der Waals surface area contributed by atoms with E-state index in [2.05, 4.69) is 4.72 Å².